The zero-order valence-corrected chi connectivity index (χ0v) is 14.6. The standard InChI is InChI=1S/C19H29N3O2/c1-2-20-9-5-3-4-6-10-21-18-15-17(24-13-12-23)14-16-8-7-11-22-19(16)18/h7-8,11,14-15,20-21,23H,2-6,9-10,12-13H2,1H3. The zero-order valence-electron chi connectivity index (χ0n) is 14.6. The largest absolute Gasteiger partial charge is 0.491 e. The zero-order chi connectivity index (χ0) is 17.0. The molecule has 0 atom stereocenters. The number of hydrogen-bond acceptors (Lipinski definition) is 5. The fourth-order valence-corrected chi connectivity index (χ4v) is 2.67. The summed E-state index contributed by atoms with van der Waals surface area (Å²) in [5.74, 6) is 0.762. The molecule has 0 bridgehead atoms. The van der Waals surface area contributed by atoms with E-state index in [0.717, 1.165) is 48.4 Å². The van der Waals surface area contributed by atoms with Gasteiger partial charge in [0.2, 0.25) is 0 Å². The molecule has 0 saturated carbocycles. The topological polar surface area (TPSA) is 66.4 Å². The number of aromatic nitrogens is 1. The minimum atomic E-state index is 0.0146. The number of nitrogens with one attached hydrogen (secondary N) is 2. The number of unbranched alkanes of at least 4 members (excludes halogenated alkanes) is 3. The van der Waals surface area contributed by atoms with E-state index >= 15 is 0 Å². The number of aliphatic hydroxyl groups is 1. The lowest BCUT2D eigenvalue weighted by Crippen LogP contribution is -2.13. The Hall–Kier alpha value is -1.85. The van der Waals surface area contributed by atoms with Crippen molar-refractivity contribution in [2.24, 2.45) is 0 Å². The molecule has 0 saturated heterocycles. The third-order valence-electron chi connectivity index (χ3n) is 3.88. The van der Waals surface area contributed by atoms with Crippen LogP contribution in [0.5, 0.6) is 5.75 Å². The van der Waals surface area contributed by atoms with Crippen LogP contribution in [0.4, 0.5) is 5.69 Å². The monoisotopic (exact) mass is 331 g/mol. The fourth-order valence-electron chi connectivity index (χ4n) is 2.67. The van der Waals surface area contributed by atoms with Gasteiger partial charge in [-0.2, -0.15) is 0 Å². The van der Waals surface area contributed by atoms with Gasteiger partial charge in [0.15, 0.2) is 0 Å². The van der Waals surface area contributed by atoms with Crippen LogP contribution in [0, 0.1) is 0 Å². The number of fused-ring (bicyclic) bond motifs is 1. The number of aliphatic hydroxyl groups excluding tert-OH is 1. The molecular formula is C19H29N3O2. The molecule has 1 aromatic heterocycles. The summed E-state index contributed by atoms with van der Waals surface area (Å²) < 4.78 is 5.56. The number of pyridine rings is 1. The summed E-state index contributed by atoms with van der Waals surface area (Å²) in [5, 5.41) is 16.8. The normalized spacial score (nSPS) is 10.9. The van der Waals surface area contributed by atoms with Crippen molar-refractivity contribution in [3.8, 4) is 5.75 Å². The molecule has 0 aliphatic rings. The molecule has 0 amide bonds. The molecule has 0 unspecified atom stereocenters. The molecule has 132 valence electrons. The first-order chi connectivity index (χ1) is 11.8. The molecular weight excluding hydrogens is 302 g/mol. The van der Waals surface area contributed by atoms with Gasteiger partial charge in [0.05, 0.1) is 17.8 Å². The highest BCUT2D eigenvalue weighted by Gasteiger charge is 2.06. The molecule has 2 aromatic rings. The highest BCUT2D eigenvalue weighted by molar-refractivity contribution is 5.91. The SMILES string of the molecule is CCNCCCCCCNc1cc(OCCO)cc2cccnc12. The molecule has 0 aliphatic carbocycles. The maximum Gasteiger partial charge on any atom is 0.122 e. The van der Waals surface area contributed by atoms with Gasteiger partial charge in [-0.3, -0.25) is 4.98 Å². The Morgan fingerprint density at radius 2 is 1.96 bits per heavy atom. The highest BCUT2D eigenvalue weighted by Crippen LogP contribution is 2.27. The average molecular weight is 331 g/mol. The third kappa shape index (κ3) is 5.98. The van der Waals surface area contributed by atoms with E-state index < -0.39 is 0 Å². The first kappa shape index (κ1) is 18.5. The molecule has 5 heteroatoms. The van der Waals surface area contributed by atoms with E-state index in [1.54, 1.807) is 0 Å². The van der Waals surface area contributed by atoms with Gasteiger partial charge >= 0.3 is 0 Å². The Labute approximate surface area is 144 Å². The van der Waals surface area contributed by atoms with Crippen LogP contribution in [-0.4, -0.2) is 42.9 Å². The van der Waals surface area contributed by atoms with Gasteiger partial charge < -0.3 is 20.5 Å². The van der Waals surface area contributed by atoms with Crippen LogP contribution in [0.25, 0.3) is 10.9 Å². The number of hydrogen-bond donors (Lipinski definition) is 3. The number of benzene rings is 1. The molecule has 0 radical (unpaired) electrons. The quantitative estimate of drug-likeness (QED) is 0.521. The van der Waals surface area contributed by atoms with Crippen LogP contribution < -0.4 is 15.4 Å². The lowest BCUT2D eigenvalue weighted by atomic mass is 10.1. The Balaban J connectivity index is 1.87. The predicted molar refractivity (Wildman–Crippen MR) is 99.8 cm³/mol. The van der Waals surface area contributed by atoms with Gasteiger partial charge in [0.1, 0.15) is 12.4 Å². The summed E-state index contributed by atoms with van der Waals surface area (Å²) in [6, 6.07) is 7.88. The number of anilines is 1. The minimum absolute atomic E-state index is 0.0146. The van der Waals surface area contributed by atoms with E-state index in [1.165, 1.54) is 19.3 Å². The summed E-state index contributed by atoms with van der Waals surface area (Å²) in [6.45, 7) is 5.55. The van der Waals surface area contributed by atoms with E-state index in [1.807, 2.05) is 30.5 Å². The second-order valence-electron chi connectivity index (χ2n) is 5.81. The maximum atomic E-state index is 8.93. The van der Waals surface area contributed by atoms with Gasteiger partial charge in [-0.05, 0) is 38.1 Å². The van der Waals surface area contributed by atoms with E-state index in [-0.39, 0.29) is 6.61 Å². The molecule has 1 aromatic carbocycles. The van der Waals surface area contributed by atoms with Crippen molar-refractivity contribution in [2.45, 2.75) is 32.6 Å². The summed E-state index contributed by atoms with van der Waals surface area (Å²) in [6.07, 6.45) is 6.67. The smallest absolute Gasteiger partial charge is 0.122 e. The molecule has 3 N–H and O–H groups in total. The molecule has 2 rings (SSSR count). The summed E-state index contributed by atoms with van der Waals surface area (Å²) in [4.78, 5) is 4.48. The first-order valence-electron chi connectivity index (χ1n) is 8.92. The highest BCUT2D eigenvalue weighted by atomic mass is 16.5. The second kappa shape index (κ2) is 10.8. The number of rotatable bonds is 12. The molecule has 24 heavy (non-hydrogen) atoms. The van der Waals surface area contributed by atoms with Crippen LogP contribution in [0.2, 0.25) is 0 Å². The predicted octanol–water partition coefficient (Wildman–Crippen LogP) is 3.19. The Morgan fingerprint density at radius 3 is 2.75 bits per heavy atom. The van der Waals surface area contributed by atoms with Gasteiger partial charge in [0, 0.05) is 24.2 Å². The van der Waals surface area contributed by atoms with Crippen molar-refractivity contribution in [1.82, 2.24) is 10.3 Å². The van der Waals surface area contributed by atoms with Gasteiger partial charge in [-0.1, -0.05) is 25.8 Å². The summed E-state index contributed by atoms with van der Waals surface area (Å²) >= 11 is 0. The van der Waals surface area contributed by atoms with E-state index in [0.29, 0.717) is 6.61 Å². The molecule has 0 fully saturated rings. The van der Waals surface area contributed by atoms with Gasteiger partial charge in [0.25, 0.3) is 0 Å². The molecule has 1 heterocycles. The van der Waals surface area contributed by atoms with E-state index in [4.69, 9.17) is 9.84 Å². The third-order valence-corrected chi connectivity index (χ3v) is 3.88. The van der Waals surface area contributed by atoms with Crippen molar-refractivity contribution in [3.63, 3.8) is 0 Å². The molecule has 5 nitrogen and oxygen atoms in total. The van der Waals surface area contributed by atoms with Crippen LogP contribution in [0.1, 0.15) is 32.6 Å². The Bertz CT molecular complexity index is 604. The van der Waals surface area contributed by atoms with Crippen molar-refractivity contribution in [1.29, 1.82) is 0 Å². The summed E-state index contributed by atoms with van der Waals surface area (Å²) in [5.41, 5.74) is 1.95. The van der Waals surface area contributed by atoms with E-state index in [2.05, 4.69) is 22.5 Å². The lowest BCUT2D eigenvalue weighted by molar-refractivity contribution is 0.201. The van der Waals surface area contributed by atoms with Crippen molar-refractivity contribution >= 4 is 16.6 Å². The lowest BCUT2D eigenvalue weighted by Gasteiger charge is -2.12. The Morgan fingerprint density at radius 1 is 1.12 bits per heavy atom. The van der Waals surface area contributed by atoms with Crippen molar-refractivity contribution in [2.75, 3.05) is 38.2 Å². The second-order valence-corrected chi connectivity index (χ2v) is 5.81. The molecule has 0 spiro atoms. The number of nitrogens with zero attached hydrogens (tertiary/aromatic N) is 1. The summed E-state index contributed by atoms with van der Waals surface area (Å²) in [7, 11) is 0. The number of ether oxygens (including phenoxy) is 1. The Kier molecular flexibility index (Phi) is 8.35. The first-order valence-corrected chi connectivity index (χ1v) is 8.92. The van der Waals surface area contributed by atoms with E-state index in [9.17, 15) is 0 Å². The van der Waals surface area contributed by atoms with Crippen molar-refractivity contribution < 1.29 is 9.84 Å². The molecule has 0 aliphatic heterocycles. The minimum Gasteiger partial charge on any atom is -0.491 e. The van der Waals surface area contributed by atoms with Gasteiger partial charge in [-0.25, -0.2) is 0 Å². The van der Waals surface area contributed by atoms with Crippen LogP contribution in [0.15, 0.2) is 30.5 Å². The van der Waals surface area contributed by atoms with Crippen LogP contribution >= 0.6 is 0 Å². The van der Waals surface area contributed by atoms with Crippen molar-refractivity contribution in [3.05, 3.63) is 30.5 Å². The van der Waals surface area contributed by atoms with Crippen LogP contribution in [-0.2, 0) is 0 Å². The maximum absolute atomic E-state index is 8.93. The van der Waals surface area contributed by atoms with Gasteiger partial charge in [-0.15, -0.1) is 0 Å². The fraction of sp³-hybridized carbons (Fsp3) is 0.526. The average Bonchev–Trinajstić information content (AvgIpc) is 2.62. The van der Waals surface area contributed by atoms with Crippen LogP contribution in [0.3, 0.4) is 0 Å².